The van der Waals surface area contributed by atoms with E-state index in [1.54, 1.807) is 0 Å². The minimum absolute atomic E-state index is 0.0156. The van der Waals surface area contributed by atoms with Crippen LogP contribution >= 0.6 is 0 Å². The van der Waals surface area contributed by atoms with E-state index in [9.17, 15) is 14.3 Å². The first-order valence-electron chi connectivity index (χ1n) is 7.47. The lowest BCUT2D eigenvalue weighted by Crippen LogP contribution is -2.43. The molecule has 116 valence electrons. The summed E-state index contributed by atoms with van der Waals surface area (Å²) in [5.74, 6) is 0.0501. The lowest BCUT2D eigenvalue weighted by molar-refractivity contribution is -0.124. The average molecular weight is 295 g/mol. The van der Waals surface area contributed by atoms with Crippen LogP contribution in [0.25, 0.3) is 0 Å². The Labute approximate surface area is 124 Å². The molecule has 0 aliphatic heterocycles. The van der Waals surface area contributed by atoms with Gasteiger partial charge in [-0.3, -0.25) is 4.79 Å². The number of hydrogen-bond donors (Lipinski definition) is 2. The van der Waals surface area contributed by atoms with Gasteiger partial charge in [-0.25, -0.2) is 4.39 Å². The van der Waals surface area contributed by atoms with Gasteiger partial charge in [0.1, 0.15) is 11.6 Å². The molecule has 4 nitrogen and oxygen atoms in total. The molecule has 1 aromatic carbocycles. The Bertz CT molecular complexity index is 449. The molecule has 0 aromatic heterocycles. The number of halogens is 1. The highest BCUT2D eigenvalue weighted by Crippen LogP contribution is 2.23. The van der Waals surface area contributed by atoms with Gasteiger partial charge < -0.3 is 15.2 Å². The van der Waals surface area contributed by atoms with E-state index in [1.807, 2.05) is 0 Å². The van der Waals surface area contributed by atoms with Crippen LogP contribution in [0.1, 0.15) is 32.1 Å². The minimum Gasteiger partial charge on any atom is -0.484 e. The topological polar surface area (TPSA) is 58.6 Å². The zero-order valence-corrected chi connectivity index (χ0v) is 12.1. The van der Waals surface area contributed by atoms with Crippen LogP contribution in [0.2, 0.25) is 0 Å². The number of aliphatic hydroxyl groups excluding tert-OH is 1. The van der Waals surface area contributed by atoms with Crippen LogP contribution in [-0.2, 0) is 4.79 Å². The summed E-state index contributed by atoms with van der Waals surface area (Å²) in [6.45, 7) is 0.00401. The van der Waals surface area contributed by atoms with Crippen LogP contribution in [0.4, 0.5) is 4.39 Å². The van der Waals surface area contributed by atoms with E-state index in [1.165, 1.54) is 24.3 Å². The second-order valence-corrected chi connectivity index (χ2v) is 5.50. The van der Waals surface area contributed by atoms with Gasteiger partial charge in [-0.15, -0.1) is 0 Å². The van der Waals surface area contributed by atoms with Gasteiger partial charge in [-0.1, -0.05) is 19.3 Å². The molecule has 1 saturated carbocycles. The fourth-order valence-corrected chi connectivity index (χ4v) is 2.72. The molecule has 2 rings (SSSR count). The van der Waals surface area contributed by atoms with Crippen molar-refractivity contribution in [3.05, 3.63) is 30.1 Å². The third-order valence-corrected chi connectivity index (χ3v) is 3.92. The van der Waals surface area contributed by atoms with E-state index in [0.29, 0.717) is 5.75 Å². The van der Waals surface area contributed by atoms with Crippen molar-refractivity contribution < 1.29 is 19.0 Å². The lowest BCUT2D eigenvalue weighted by atomic mass is 9.95. The van der Waals surface area contributed by atoms with Gasteiger partial charge in [0, 0.05) is 18.6 Å². The number of carbonyl (C=O) groups is 1. The predicted molar refractivity (Wildman–Crippen MR) is 77.5 cm³/mol. The summed E-state index contributed by atoms with van der Waals surface area (Å²) in [5.41, 5.74) is 0. The van der Waals surface area contributed by atoms with Crippen LogP contribution < -0.4 is 10.1 Å². The highest BCUT2D eigenvalue weighted by atomic mass is 19.1. The molecule has 0 spiro atoms. The van der Waals surface area contributed by atoms with E-state index in [4.69, 9.17) is 4.74 Å². The maximum atomic E-state index is 12.8. The molecule has 21 heavy (non-hydrogen) atoms. The number of benzene rings is 1. The summed E-state index contributed by atoms with van der Waals surface area (Å²) in [4.78, 5) is 11.9. The summed E-state index contributed by atoms with van der Waals surface area (Å²) in [6.07, 6.45) is 5.16. The Balaban J connectivity index is 1.81. The Kier molecular flexibility index (Phi) is 5.99. The van der Waals surface area contributed by atoms with Gasteiger partial charge in [0.2, 0.25) is 0 Å². The Morgan fingerprint density at radius 2 is 1.95 bits per heavy atom. The summed E-state index contributed by atoms with van der Waals surface area (Å²) < 4.78 is 18.1. The fourth-order valence-electron chi connectivity index (χ4n) is 2.72. The van der Waals surface area contributed by atoms with Crippen LogP contribution in [0.15, 0.2) is 24.3 Å². The summed E-state index contributed by atoms with van der Waals surface area (Å²) in [6, 6.07) is 5.58. The van der Waals surface area contributed by atoms with Gasteiger partial charge in [0.05, 0.1) is 0 Å². The monoisotopic (exact) mass is 295 g/mol. The molecule has 2 unspecified atom stereocenters. The van der Waals surface area contributed by atoms with Crippen molar-refractivity contribution in [2.45, 2.75) is 38.1 Å². The molecule has 1 amide bonds. The quantitative estimate of drug-likeness (QED) is 0.819. The number of hydrogen-bond acceptors (Lipinski definition) is 3. The third-order valence-electron chi connectivity index (χ3n) is 3.92. The van der Waals surface area contributed by atoms with Crippen molar-refractivity contribution in [1.29, 1.82) is 0 Å². The SMILES string of the molecule is O=C(COc1ccc(F)cc1)NC1CCCCCC1CO. The van der Waals surface area contributed by atoms with Crippen molar-refractivity contribution in [2.75, 3.05) is 13.2 Å². The zero-order chi connectivity index (χ0) is 15.1. The largest absolute Gasteiger partial charge is 0.484 e. The van der Waals surface area contributed by atoms with Crippen molar-refractivity contribution >= 4 is 5.91 Å². The van der Waals surface area contributed by atoms with E-state index in [0.717, 1.165) is 32.1 Å². The number of nitrogens with one attached hydrogen (secondary N) is 1. The van der Waals surface area contributed by atoms with Gasteiger partial charge in [0.15, 0.2) is 6.61 Å². The number of aliphatic hydroxyl groups is 1. The van der Waals surface area contributed by atoms with Gasteiger partial charge in [0.25, 0.3) is 5.91 Å². The lowest BCUT2D eigenvalue weighted by Gasteiger charge is -2.24. The molecule has 1 fully saturated rings. The van der Waals surface area contributed by atoms with Crippen molar-refractivity contribution in [3.8, 4) is 5.75 Å². The van der Waals surface area contributed by atoms with E-state index < -0.39 is 0 Å². The molecule has 0 heterocycles. The van der Waals surface area contributed by atoms with Crippen LogP contribution in [0.3, 0.4) is 0 Å². The molecule has 1 aromatic rings. The van der Waals surface area contributed by atoms with Crippen LogP contribution in [-0.4, -0.2) is 30.3 Å². The second-order valence-electron chi connectivity index (χ2n) is 5.50. The van der Waals surface area contributed by atoms with E-state index >= 15 is 0 Å². The maximum absolute atomic E-state index is 12.8. The van der Waals surface area contributed by atoms with Gasteiger partial charge in [-0.2, -0.15) is 0 Å². The fraction of sp³-hybridized carbons (Fsp3) is 0.562. The first kappa shape index (κ1) is 15.8. The summed E-state index contributed by atoms with van der Waals surface area (Å²) in [7, 11) is 0. The van der Waals surface area contributed by atoms with Crippen LogP contribution in [0, 0.1) is 11.7 Å². The Hall–Kier alpha value is -1.62. The summed E-state index contributed by atoms with van der Waals surface area (Å²) in [5, 5.41) is 12.4. The van der Waals surface area contributed by atoms with Crippen molar-refractivity contribution in [2.24, 2.45) is 5.92 Å². The smallest absolute Gasteiger partial charge is 0.258 e. The third kappa shape index (κ3) is 5.01. The molecular formula is C16H22FNO3. The van der Waals surface area contributed by atoms with Gasteiger partial charge >= 0.3 is 0 Å². The highest BCUT2D eigenvalue weighted by molar-refractivity contribution is 5.77. The molecule has 1 aliphatic rings. The maximum Gasteiger partial charge on any atom is 0.258 e. The molecule has 0 saturated heterocycles. The van der Waals surface area contributed by atoms with Crippen molar-refractivity contribution in [3.63, 3.8) is 0 Å². The molecule has 2 atom stereocenters. The first-order valence-corrected chi connectivity index (χ1v) is 7.47. The number of ether oxygens (including phenoxy) is 1. The highest BCUT2D eigenvalue weighted by Gasteiger charge is 2.24. The molecule has 0 radical (unpaired) electrons. The molecule has 5 heteroatoms. The predicted octanol–water partition coefficient (Wildman–Crippen LogP) is 2.26. The van der Waals surface area contributed by atoms with Crippen LogP contribution in [0.5, 0.6) is 5.75 Å². The average Bonchev–Trinajstić information content (AvgIpc) is 2.71. The molecular weight excluding hydrogens is 273 g/mol. The molecule has 1 aliphatic carbocycles. The number of amides is 1. The van der Waals surface area contributed by atoms with Crippen molar-refractivity contribution in [1.82, 2.24) is 5.32 Å². The first-order chi connectivity index (χ1) is 10.2. The molecule has 2 N–H and O–H groups in total. The van der Waals surface area contributed by atoms with E-state index in [-0.39, 0.29) is 36.9 Å². The Morgan fingerprint density at radius 3 is 2.67 bits per heavy atom. The minimum atomic E-state index is -0.337. The normalized spacial score (nSPS) is 22.4. The van der Waals surface area contributed by atoms with E-state index in [2.05, 4.69) is 5.32 Å². The standard InChI is InChI=1S/C16H22FNO3/c17-13-6-8-14(9-7-13)21-11-16(20)18-15-5-3-1-2-4-12(15)10-19/h6-9,12,15,19H,1-5,10-11H2,(H,18,20). The second kappa shape index (κ2) is 7.98. The number of rotatable bonds is 5. The van der Waals surface area contributed by atoms with Gasteiger partial charge in [-0.05, 0) is 37.1 Å². The Morgan fingerprint density at radius 1 is 1.24 bits per heavy atom. The summed E-state index contributed by atoms with van der Waals surface area (Å²) >= 11 is 0. The zero-order valence-electron chi connectivity index (χ0n) is 12.1. The number of carbonyl (C=O) groups excluding carboxylic acids is 1. The molecule has 0 bridgehead atoms.